The summed E-state index contributed by atoms with van der Waals surface area (Å²) < 4.78 is 5.11. The lowest BCUT2D eigenvalue weighted by molar-refractivity contribution is 0.415. The minimum Gasteiger partial charge on any atom is -0.494 e. The second kappa shape index (κ2) is 3.23. The van der Waals surface area contributed by atoms with Crippen LogP contribution in [0, 0.1) is 6.92 Å². The van der Waals surface area contributed by atoms with Gasteiger partial charge in [-0.2, -0.15) is 0 Å². The van der Waals surface area contributed by atoms with Crippen molar-refractivity contribution in [3.63, 3.8) is 0 Å². The Kier molecular flexibility index (Phi) is 2.31. The summed E-state index contributed by atoms with van der Waals surface area (Å²) in [4.78, 5) is 4.12. The Labute approximate surface area is 66.4 Å². The second-order valence-corrected chi connectivity index (χ2v) is 2.28. The molecule has 0 amide bonds. The molecule has 0 atom stereocenters. The van der Waals surface area contributed by atoms with E-state index in [1.165, 1.54) is 0 Å². The first-order chi connectivity index (χ1) is 5.27. The van der Waals surface area contributed by atoms with Gasteiger partial charge in [0.05, 0.1) is 19.0 Å². The summed E-state index contributed by atoms with van der Waals surface area (Å²) in [6.45, 7) is 1.93. The van der Waals surface area contributed by atoms with Gasteiger partial charge in [-0.3, -0.25) is 4.98 Å². The molecule has 0 saturated heterocycles. The van der Waals surface area contributed by atoms with E-state index in [0.29, 0.717) is 0 Å². The molecule has 0 fully saturated rings. The Morgan fingerprint density at radius 2 is 2.27 bits per heavy atom. The summed E-state index contributed by atoms with van der Waals surface area (Å²) in [7, 11) is 3.49. The van der Waals surface area contributed by atoms with Crippen LogP contribution in [-0.4, -0.2) is 19.1 Å². The molecule has 0 aliphatic heterocycles. The SMILES string of the molecule is CNc1cnc(C)cc1OC. The maximum absolute atomic E-state index is 5.11. The number of pyridine rings is 1. The molecule has 1 aromatic heterocycles. The Balaban J connectivity index is 3.06. The van der Waals surface area contributed by atoms with Crippen molar-refractivity contribution in [3.05, 3.63) is 18.0 Å². The number of rotatable bonds is 2. The highest BCUT2D eigenvalue weighted by molar-refractivity contribution is 5.54. The number of methoxy groups -OCH3 is 1. The largest absolute Gasteiger partial charge is 0.494 e. The van der Waals surface area contributed by atoms with Gasteiger partial charge < -0.3 is 10.1 Å². The summed E-state index contributed by atoms with van der Waals surface area (Å²) in [5, 5.41) is 2.99. The number of hydrogen-bond acceptors (Lipinski definition) is 3. The molecule has 0 aromatic carbocycles. The minimum atomic E-state index is 0.833. The molecule has 1 aromatic rings. The first-order valence-electron chi connectivity index (χ1n) is 3.46. The lowest BCUT2D eigenvalue weighted by Gasteiger charge is -2.06. The van der Waals surface area contributed by atoms with Crippen LogP contribution < -0.4 is 10.1 Å². The molecule has 3 heteroatoms. The lowest BCUT2D eigenvalue weighted by atomic mass is 10.3. The predicted molar refractivity (Wildman–Crippen MR) is 45.1 cm³/mol. The van der Waals surface area contributed by atoms with Gasteiger partial charge in [-0.25, -0.2) is 0 Å². The smallest absolute Gasteiger partial charge is 0.145 e. The van der Waals surface area contributed by atoms with Gasteiger partial charge in [-0.1, -0.05) is 0 Å². The molecule has 1 heterocycles. The minimum absolute atomic E-state index is 0.833. The van der Waals surface area contributed by atoms with E-state index in [1.807, 2.05) is 20.0 Å². The predicted octanol–water partition coefficient (Wildman–Crippen LogP) is 1.44. The van der Waals surface area contributed by atoms with Gasteiger partial charge in [-0.05, 0) is 6.92 Å². The van der Waals surface area contributed by atoms with Crippen LogP contribution in [0.3, 0.4) is 0 Å². The number of ether oxygens (including phenoxy) is 1. The maximum Gasteiger partial charge on any atom is 0.145 e. The number of hydrogen-bond donors (Lipinski definition) is 1. The molecular weight excluding hydrogens is 140 g/mol. The third kappa shape index (κ3) is 1.61. The third-order valence-electron chi connectivity index (χ3n) is 1.49. The Hall–Kier alpha value is -1.25. The molecule has 0 aliphatic carbocycles. The fourth-order valence-electron chi connectivity index (χ4n) is 0.891. The molecule has 1 rings (SSSR count). The van der Waals surface area contributed by atoms with Crippen molar-refractivity contribution in [3.8, 4) is 5.75 Å². The Morgan fingerprint density at radius 3 is 2.82 bits per heavy atom. The van der Waals surface area contributed by atoms with E-state index in [9.17, 15) is 0 Å². The van der Waals surface area contributed by atoms with Crippen LogP contribution in [0.2, 0.25) is 0 Å². The number of nitrogens with zero attached hydrogens (tertiary/aromatic N) is 1. The van der Waals surface area contributed by atoms with Gasteiger partial charge in [0, 0.05) is 18.8 Å². The fourth-order valence-corrected chi connectivity index (χ4v) is 0.891. The van der Waals surface area contributed by atoms with Crippen LogP contribution in [0.5, 0.6) is 5.75 Å². The first kappa shape index (κ1) is 7.85. The van der Waals surface area contributed by atoms with Crippen molar-refractivity contribution >= 4 is 5.69 Å². The van der Waals surface area contributed by atoms with E-state index in [4.69, 9.17) is 4.74 Å². The molecule has 0 radical (unpaired) electrons. The molecule has 0 bridgehead atoms. The highest BCUT2D eigenvalue weighted by atomic mass is 16.5. The van der Waals surface area contributed by atoms with Crippen molar-refractivity contribution < 1.29 is 4.74 Å². The van der Waals surface area contributed by atoms with Crippen molar-refractivity contribution in [2.24, 2.45) is 0 Å². The van der Waals surface area contributed by atoms with Gasteiger partial charge >= 0.3 is 0 Å². The van der Waals surface area contributed by atoms with Crippen LogP contribution in [0.15, 0.2) is 12.3 Å². The summed E-state index contributed by atoms with van der Waals surface area (Å²) in [5.41, 5.74) is 1.87. The third-order valence-corrected chi connectivity index (χ3v) is 1.49. The van der Waals surface area contributed by atoms with E-state index >= 15 is 0 Å². The van der Waals surface area contributed by atoms with Crippen molar-refractivity contribution in [2.75, 3.05) is 19.5 Å². The zero-order valence-electron chi connectivity index (χ0n) is 7.01. The van der Waals surface area contributed by atoms with Gasteiger partial charge in [0.2, 0.25) is 0 Å². The van der Waals surface area contributed by atoms with Crippen molar-refractivity contribution in [2.45, 2.75) is 6.92 Å². The van der Waals surface area contributed by atoms with Crippen LogP contribution in [0.1, 0.15) is 5.69 Å². The van der Waals surface area contributed by atoms with Crippen LogP contribution in [0.4, 0.5) is 5.69 Å². The maximum atomic E-state index is 5.11. The molecule has 3 nitrogen and oxygen atoms in total. The number of aryl methyl sites for hydroxylation is 1. The highest BCUT2D eigenvalue weighted by Gasteiger charge is 1.99. The average molecular weight is 152 g/mol. The van der Waals surface area contributed by atoms with Crippen molar-refractivity contribution in [1.82, 2.24) is 4.98 Å². The molecule has 0 aliphatic rings. The van der Waals surface area contributed by atoms with Gasteiger partial charge in [0.1, 0.15) is 5.75 Å². The van der Waals surface area contributed by atoms with E-state index in [2.05, 4.69) is 10.3 Å². The first-order valence-corrected chi connectivity index (χ1v) is 3.46. The average Bonchev–Trinajstić information content (AvgIpc) is 2.04. The van der Waals surface area contributed by atoms with Crippen LogP contribution in [-0.2, 0) is 0 Å². The van der Waals surface area contributed by atoms with Crippen molar-refractivity contribution in [1.29, 1.82) is 0 Å². The second-order valence-electron chi connectivity index (χ2n) is 2.28. The summed E-state index contributed by atoms with van der Waals surface area (Å²) in [6.07, 6.45) is 1.76. The number of nitrogens with one attached hydrogen (secondary N) is 1. The molecule has 1 N–H and O–H groups in total. The zero-order valence-corrected chi connectivity index (χ0v) is 7.01. The highest BCUT2D eigenvalue weighted by Crippen LogP contribution is 2.22. The van der Waals surface area contributed by atoms with Crippen LogP contribution in [0.25, 0.3) is 0 Å². The van der Waals surface area contributed by atoms with Gasteiger partial charge in [0.25, 0.3) is 0 Å². The van der Waals surface area contributed by atoms with E-state index < -0.39 is 0 Å². The molecular formula is C8H12N2O. The molecule has 0 spiro atoms. The molecule has 0 unspecified atom stereocenters. The number of anilines is 1. The lowest BCUT2D eigenvalue weighted by Crippen LogP contribution is -1.95. The van der Waals surface area contributed by atoms with E-state index in [-0.39, 0.29) is 0 Å². The molecule has 0 saturated carbocycles. The van der Waals surface area contributed by atoms with Gasteiger partial charge in [0.15, 0.2) is 0 Å². The summed E-state index contributed by atoms with van der Waals surface area (Å²) in [6, 6.07) is 1.89. The Morgan fingerprint density at radius 1 is 1.55 bits per heavy atom. The zero-order chi connectivity index (χ0) is 8.27. The standard InChI is InChI=1S/C8H12N2O/c1-6-4-8(11-3)7(9-2)5-10-6/h4-5,9H,1-3H3. The normalized spacial score (nSPS) is 9.36. The van der Waals surface area contributed by atoms with E-state index in [1.54, 1.807) is 13.3 Å². The van der Waals surface area contributed by atoms with Gasteiger partial charge in [-0.15, -0.1) is 0 Å². The van der Waals surface area contributed by atoms with E-state index in [0.717, 1.165) is 17.1 Å². The summed E-state index contributed by atoms with van der Waals surface area (Å²) >= 11 is 0. The molecule has 11 heavy (non-hydrogen) atoms. The van der Waals surface area contributed by atoms with Crippen LogP contribution >= 0.6 is 0 Å². The monoisotopic (exact) mass is 152 g/mol. The Bertz CT molecular complexity index is 248. The molecule has 60 valence electrons. The number of aromatic nitrogens is 1. The topological polar surface area (TPSA) is 34.2 Å². The fraction of sp³-hybridized carbons (Fsp3) is 0.375. The quantitative estimate of drug-likeness (QED) is 0.696. The summed E-state index contributed by atoms with van der Waals surface area (Å²) in [5.74, 6) is 0.833.